The number of alkyl halides is 2. The van der Waals surface area contributed by atoms with Crippen LogP contribution in [0.2, 0.25) is 0 Å². The minimum Gasteiger partial charge on any atom is -0.495 e. The molecule has 1 saturated heterocycles. The summed E-state index contributed by atoms with van der Waals surface area (Å²) >= 11 is 0. The van der Waals surface area contributed by atoms with Gasteiger partial charge in [0.2, 0.25) is 0 Å². The zero-order chi connectivity index (χ0) is 22.6. The predicted octanol–water partition coefficient (Wildman–Crippen LogP) is 3.26. The van der Waals surface area contributed by atoms with E-state index in [1.54, 1.807) is 32.2 Å². The maximum Gasteiger partial charge on any atom is 0.387 e. The highest BCUT2D eigenvalue weighted by atomic mass is 32.2. The van der Waals surface area contributed by atoms with Crippen LogP contribution in [0.25, 0.3) is 0 Å². The number of rotatable bonds is 8. The molecule has 0 N–H and O–H groups in total. The third kappa shape index (κ3) is 5.19. The molecule has 0 atom stereocenters. The first kappa shape index (κ1) is 23.1. The van der Waals surface area contributed by atoms with E-state index in [0.717, 1.165) is 37.9 Å². The van der Waals surface area contributed by atoms with Gasteiger partial charge in [0.1, 0.15) is 11.5 Å². The predicted molar refractivity (Wildman–Crippen MR) is 116 cm³/mol. The fourth-order valence-electron chi connectivity index (χ4n) is 3.56. The number of methoxy groups -OCH3 is 1. The summed E-state index contributed by atoms with van der Waals surface area (Å²) in [5.74, 6) is 0.453. The van der Waals surface area contributed by atoms with Crippen LogP contribution in [-0.2, 0) is 10.0 Å². The Bertz CT molecular complexity index is 996. The fraction of sp³-hybridized carbons (Fsp3) is 0.429. The lowest BCUT2D eigenvalue weighted by molar-refractivity contribution is -0.0499. The molecule has 10 heteroatoms. The summed E-state index contributed by atoms with van der Waals surface area (Å²) in [5, 5.41) is 0. The number of hydrogen-bond donors (Lipinski definition) is 0. The van der Waals surface area contributed by atoms with E-state index in [9.17, 15) is 17.2 Å². The molecule has 0 amide bonds. The van der Waals surface area contributed by atoms with Crippen molar-refractivity contribution in [3.8, 4) is 11.5 Å². The highest BCUT2D eigenvalue weighted by molar-refractivity contribution is 7.92. The van der Waals surface area contributed by atoms with Crippen molar-refractivity contribution in [3.05, 3.63) is 42.5 Å². The molecule has 0 bridgehead atoms. The van der Waals surface area contributed by atoms with E-state index >= 15 is 0 Å². The number of hydrogen-bond acceptors (Lipinski definition) is 6. The summed E-state index contributed by atoms with van der Waals surface area (Å²) in [6, 6.07) is 10.4. The number of likely N-dealkylation sites (N-methyl/N-ethyl adjacent to an activating group) is 1. The van der Waals surface area contributed by atoms with Crippen LogP contribution in [0.5, 0.6) is 11.5 Å². The molecule has 1 aliphatic rings. The van der Waals surface area contributed by atoms with Crippen molar-refractivity contribution in [1.82, 2.24) is 4.90 Å². The first-order valence-corrected chi connectivity index (χ1v) is 11.4. The summed E-state index contributed by atoms with van der Waals surface area (Å²) in [6.45, 7) is 2.21. The SMILES string of the molecule is CCN(c1ccc(OC)c(N2CCN(C)CC2)c1)S(=O)(=O)c1cccc(OC(F)F)c1. The van der Waals surface area contributed by atoms with Gasteiger partial charge in [0, 0.05) is 38.8 Å². The molecular formula is C21H27F2N3O4S. The fourth-order valence-corrected chi connectivity index (χ4v) is 5.06. The van der Waals surface area contributed by atoms with Gasteiger partial charge in [-0.05, 0) is 44.3 Å². The molecule has 0 aromatic heterocycles. The van der Waals surface area contributed by atoms with Crippen molar-refractivity contribution >= 4 is 21.4 Å². The van der Waals surface area contributed by atoms with E-state index in [-0.39, 0.29) is 17.2 Å². The van der Waals surface area contributed by atoms with Gasteiger partial charge >= 0.3 is 6.61 Å². The van der Waals surface area contributed by atoms with Gasteiger partial charge in [-0.1, -0.05) is 6.07 Å². The average molecular weight is 456 g/mol. The lowest BCUT2D eigenvalue weighted by Gasteiger charge is -2.35. The zero-order valence-corrected chi connectivity index (χ0v) is 18.6. The summed E-state index contributed by atoms with van der Waals surface area (Å²) in [7, 11) is -0.359. The van der Waals surface area contributed by atoms with E-state index in [4.69, 9.17) is 4.74 Å². The highest BCUT2D eigenvalue weighted by Gasteiger charge is 2.26. The maximum absolute atomic E-state index is 13.3. The van der Waals surface area contributed by atoms with Gasteiger partial charge in [-0.25, -0.2) is 8.42 Å². The van der Waals surface area contributed by atoms with Gasteiger partial charge in [-0.2, -0.15) is 8.78 Å². The van der Waals surface area contributed by atoms with E-state index in [1.165, 1.54) is 22.5 Å². The number of ether oxygens (including phenoxy) is 2. The van der Waals surface area contributed by atoms with Crippen molar-refractivity contribution in [2.24, 2.45) is 0 Å². The minimum absolute atomic E-state index is 0.121. The molecular weight excluding hydrogens is 428 g/mol. The normalized spacial score (nSPS) is 15.2. The highest BCUT2D eigenvalue weighted by Crippen LogP contribution is 2.35. The minimum atomic E-state index is -4.00. The Morgan fingerprint density at radius 2 is 1.81 bits per heavy atom. The second-order valence-corrected chi connectivity index (χ2v) is 9.03. The molecule has 1 aliphatic heterocycles. The monoisotopic (exact) mass is 455 g/mol. The van der Waals surface area contributed by atoms with Gasteiger partial charge in [0.05, 0.1) is 23.4 Å². The first-order chi connectivity index (χ1) is 14.8. The molecule has 7 nitrogen and oxygen atoms in total. The van der Waals surface area contributed by atoms with Crippen LogP contribution in [0.15, 0.2) is 47.4 Å². The van der Waals surface area contributed by atoms with Crippen molar-refractivity contribution in [1.29, 1.82) is 0 Å². The van der Waals surface area contributed by atoms with Gasteiger partial charge in [-0.3, -0.25) is 4.31 Å². The summed E-state index contributed by atoms with van der Waals surface area (Å²) < 4.78 is 62.9. The van der Waals surface area contributed by atoms with Crippen LogP contribution in [0.4, 0.5) is 20.2 Å². The van der Waals surface area contributed by atoms with Crippen LogP contribution in [-0.4, -0.2) is 66.8 Å². The Kier molecular flexibility index (Phi) is 7.22. The van der Waals surface area contributed by atoms with Crippen LogP contribution < -0.4 is 18.7 Å². The van der Waals surface area contributed by atoms with Gasteiger partial charge in [0.15, 0.2) is 0 Å². The molecule has 1 fully saturated rings. The summed E-state index contributed by atoms with van der Waals surface area (Å²) in [4.78, 5) is 4.27. The Morgan fingerprint density at radius 1 is 1.10 bits per heavy atom. The van der Waals surface area contributed by atoms with Crippen molar-refractivity contribution < 1.29 is 26.7 Å². The number of halogens is 2. The summed E-state index contributed by atoms with van der Waals surface area (Å²) in [5.41, 5.74) is 1.29. The number of sulfonamides is 1. The summed E-state index contributed by atoms with van der Waals surface area (Å²) in [6.07, 6.45) is 0. The van der Waals surface area contributed by atoms with Crippen molar-refractivity contribution in [3.63, 3.8) is 0 Å². The molecule has 0 radical (unpaired) electrons. The zero-order valence-electron chi connectivity index (χ0n) is 17.8. The molecule has 2 aromatic rings. The van der Waals surface area contributed by atoms with E-state index in [2.05, 4.69) is 21.6 Å². The number of benzene rings is 2. The van der Waals surface area contributed by atoms with Gasteiger partial charge in [-0.15, -0.1) is 0 Å². The van der Waals surface area contributed by atoms with Crippen molar-refractivity contribution in [2.75, 3.05) is 56.1 Å². The third-order valence-electron chi connectivity index (χ3n) is 5.20. The van der Waals surface area contributed by atoms with Gasteiger partial charge < -0.3 is 19.3 Å². The van der Waals surface area contributed by atoms with Crippen molar-refractivity contribution in [2.45, 2.75) is 18.4 Å². The van der Waals surface area contributed by atoms with E-state index in [1.807, 2.05) is 0 Å². The first-order valence-electron chi connectivity index (χ1n) is 9.95. The molecule has 2 aromatic carbocycles. The largest absolute Gasteiger partial charge is 0.495 e. The standard InChI is InChI=1S/C21H27F2N3O4S/c1-4-26(31(27,28)18-7-5-6-17(15-18)30-21(22)23)16-8-9-20(29-3)19(14-16)25-12-10-24(2)11-13-25/h5-9,14-15,21H,4,10-13H2,1-3H3. The molecule has 0 saturated carbocycles. The topological polar surface area (TPSA) is 62.3 Å². The quantitative estimate of drug-likeness (QED) is 0.609. The second-order valence-electron chi connectivity index (χ2n) is 7.17. The Labute approximate surface area is 181 Å². The third-order valence-corrected chi connectivity index (χ3v) is 7.10. The lowest BCUT2D eigenvalue weighted by Crippen LogP contribution is -2.44. The molecule has 31 heavy (non-hydrogen) atoms. The lowest BCUT2D eigenvalue weighted by atomic mass is 10.2. The smallest absolute Gasteiger partial charge is 0.387 e. The van der Waals surface area contributed by atoms with Crippen LogP contribution in [0, 0.1) is 0 Å². The van der Waals surface area contributed by atoms with Crippen LogP contribution in [0.3, 0.4) is 0 Å². The van der Waals surface area contributed by atoms with Crippen LogP contribution >= 0.6 is 0 Å². The Balaban J connectivity index is 1.97. The Hall–Kier alpha value is -2.59. The second kappa shape index (κ2) is 9.69. The maximum atomic E-state index is 13.3. The average Bonchev–Trinajstić information content (AvgIpc) is 2.74. The number of piperazine rings is 1. The van der Waals surface area contributed by atoms with E-state index in [0.29, 0.717) is 11.4 Å². The molecule has 3 rings (SSSR count). The molecule has 1 heterocycles. The molecule has 170 valence electrons. The number of anilines is 2. The van der Waals surface area contributed by atoms with E-state index < -0.39 is 16.6 Å². The molecule has 0 aliphatic carbocycles. The number of nitrogens with zero attached hydrogens (tertiary/aromatic N) is 3. The molecule has 0 unspecified atom stereocenters. The van der Waals surface area contributed by atoms with Crippen LogP contribution in [0.1, 0.15) is 6.92 Å². The Morgan fingerprint density at radius 3 is 2.42 bits per heavy atom. The molecule has 0 spiro atoms. The van der Waals surface area contributed by atoms with Gasteiger partial charge in [0.25, 0.3) is 10.0 Å².